The van der Waals surface area contributed by atoms with Crippen LogP contribution in [-0.4, -0.2) is 28.1 Å². The van der Waals surface area contributed by atoms with Gasteiger partial charge in [0.15, 0.2) is 0 Å². The minimum absolute atomic E-state index is 0.0180. The number of benzene rings is 2. The number of carbonyl (C=O) groups is 3. The molecule has 0 bridgehead atoms. The lowest BCUT2D eigenvalue weighted by molar-refractivity contribution is -0.137. The number of anilines is 2. The maximum atomic E-state index is 12.9. The van der Waals surface area contributed by atoms with Crippen LogP contribution < -0.4 is 10.6 Å². The van der Waals surface area contributed by atoms with Crippen LogP contribution in [-0.2, 0) is 20.6 Å². The first-order chi connectivity index (χ1) is 14.5. The molecule has 0 radical (unpaired) electrons. The van der Waals surface area contributed by atoms with Gasteiger partial charge in [0.05, 0.1) is 21.5 Å². The van der Waals surface area contributed by atoms with E-state index in [1.165, 1.54) is 0 Å². The molecule has 0 heterocycles. The Kier molecular flexibility index (Phi) is 8.12. The maximum absolute atomic E-state index is 12.9. The van der Waals surface area contributed by atoms with Gasteiger partial charge in [0.2, 0.25) is 11.8 Å². The molecule has 6 nitrogen and oxygen atoms in total. The van der Waals surface area contributed by atoms with Crippen LogP contribution in [0.3, 0.4) is 0 Å². The summed E-state index contributed by atoms with van der Waals surface area (Å²) in [6, 6.07) is 9.04. The predicted molar refractivity (Wildman–Crippen MR) is 112 cm³/mol. The van der Waals surface area contributed by atoms with Gasteiger partial charge in [-0.3, -0.25) is 9.59 Å². The average Bonchev–Trinajstić information content (AvgIpc) is 2.68. The van der Waals surface area contributed by atoms with E-state index in [-0.39, 0.29) is 10.7 Å². The van der Waals surface area contributed by atoms with Crippen LogP contribution in [0, 0.1) is 0 Å². The molecule has 0 aromatic heterocycles. The Bertz CT molecular complexity index is 1010. The monoisotopic (exact) mass is 472 g/mol. The number of carboxylic acid groups (broad SMARTS) is 1. The van der Waals surface area contributed by atoms with Crippen molar-refractivity contribution < 1.29 is 32.7 Å². The average molecular weight is 473 g/mol. The maximum Gasteiger partial charge on any atom is 0.416 e. The van der Waals surface area contributed by atoms with Gasteiger partial charge in [-0.15, -0.1) is 11.8 Å². The molecule has 2 aromatic carbocycles. The van der Waals surface area contributed by atoms with E-state index in [9.17, 15) is 27.6 Å². The van der Waals surface area contributed by atoms with Crippen LogP contribution in [0.15, 0.2) is 59.5 Å². The van der Waals surface area contributed by atoms with Crippen LogP contribution >= 0.6 is 23.4 Å². The van der Waals surface area contributed by atoms with Crippen molar-refractivity contribution in [1.82, 2.24) is 0 Å². The number of aliphatic carboxylic acids is 1. The Labute approximate surface area is 184 Å². The van der Waals surface area contributed by atoms with Crippen molar-refractivity contribution in [2.75, 3.05) is 10.6 Å². The highest BCUT2D eigenvalue weighted by Crippen LogP contribution is 2.34. The second kappa shape index (κ2) is 10.4. The van der Waals surface area contributed by atoms with Crippen molar-refractivity contribution in [1.29, 1.82) is 0 Å². The quantitative estimate of drug-likeness (QED) is 0.387. The van der Waals surface area contributed by atoms with Gasteiger partial charge < -0.3 is 15.7 Å². The van der Waals surface area contributed by atoms with Crippen molar-refractivity contribution in [3.8, 4) is 0 Å². The van der Waals surface area contributed by atoms with E-state index in [0.717, 1.165) is 36.0 Å². The third-order valence-corrected chi connectivity index (χ3v) is 5.17. The smallest absolute Gasteiger partial charge is 0.416 e. The highest BCUT2D eigenvalue weighted by molar-refractivity contribution is 8.00. The molecule has 0 fully saturated rings. The van der Waals surface area contributed by atoms with Crippen LogP contribution in [0.25, 0.3) is 0 Å². The van der Waals surface area contributed by atoms with Crippen LogP contribution in [0.1, 0.15) is 12.5 Å². The molecule has 3 N–H and O–H groups in total. The fourth-order valence-corrected chi connectivity index (χ4v) is 3.27. The number of alkyl halides is 3. The highest BCUT2D eigenvalue weighted by atomic mass is 35.5. The summed E-state index contributed by atoms with van der Waals surface area (Å²) in [5, 5.41) is 12.7. The van der Waals surface area contributed by atoms with Gasteiger partial charge in [0.1, 0.15) is 0 Å². The summed E-state index contributed by atoms with van der Waals surface area (Å²) in [7, 11) is 0. The Morgan fingerprint density at radius 1 is 1.06 bits per heavy atom. The van der Waals surface area contributed by atoms with Gasteiger partial charge in [-0.2, -0.15) is 13.2 Å². The van der Waals surface area contributed by atoms with Gasteiger partial charge in [-0.25, -0.2) is 4.79 Å². The minimum Gasteiger partial charge on any atom is -0.478 e. The lowest BCUT2D eigenvalue weighted by atomic mass is 10.2. The van der Waals surface area contributed by atoms with Crippen molar-refractivity contribution in [3.05, 3.63) is 65.2 Å². The van der Waals surface area contributed by atoms with E-state index >= 15 is 0 Å². The zero-order valence-corrected chi connectivity index (χ0v) is 17.4. The lowest BCUT2D eigenvalue weighted by Crippen LogP contribution is -2.22. The summed E-state index contributed by atoms with van der Waals surface area (Å²) in [6.45, 7) is 1.58. The molecular weight excluding hydrogens is 457 g/mol. The molecule has 2 rings (SSSR count). The number of amides is 2. The van der Waals surface area contributed by atoms with Crippen molar-refractivity contribution in [3.63, 3.8) is 0 Å². The standard InChI is InChI=1S/C20H16ClF3N2O4S/c1-11(19(30)26-16-10-12(20(22,23)24)2-7-15(16)21)31-14-5-3-13(4-6-14)25-17(27)8-9-18(28)29/h2-11H,1H3,(H,25,27)(H,26,30)(H,28,29)/b9-8+. The summed E-state index contributed by atoms with van der Waals surface area (Å²) < 4.78 is 38.6. The van der Waals surface area contributed by atoms with E-state index in [4.69, 9.17) is 16.7 Å². The molecule has 2 aromatic rings. The van der Waals surface area contributed by atoms with E-state index < -0.39 is 34.8 Å². The first kappa shape index (κ1) is 24.3. The molecule has 0 saturated heterocycles. The number of hydrogen-bond acceptors (Lipinski definition) is 4. The molecule has 1 atom stereocenters. The van der Waals surface area contributed by atoms with E-state index in [1.807, 2.05) is 0 Å². The van der Waals surface area contributed by atoms with Crippen LogP contribution in [0.5, 0.6) is 0 Å². The van der Waals surface area contributed by atoms with E-state index in [0.29, 0.717) is 16.7 Å². The number of thioether (sulfide) groups is 1. The van der Waals surface area contributed by atoms with Crippen LogP contribution in [0.4, 0.5) is 24.5 Å². The topological polar surface area (TPSA) is 95.5 Å². The second-order valence-corrected chi connectivity index (χ2v) is 7.95. The molecule has 0 aliphatic heterocycles. The minimum atomic E-state index is -4.56. The largest absolute Gasteiger partial charge is 0.478 e. The van der Waals surface area contributed by atoms with Gasteiger partial charge in [0, 0.05) is 22.7 Å². The molecule has 0 aliphatic rings. The highest BCUT2D eigenvalue weighted by Gasteiger charge is 2.31. The molecule has 0 saturated carbocycles. The summed E-state index contributed by atoms with van der Waals surface area (Å²) in [5.41, 5.74) is -0.651. The molecular formula is C20H16ClF3N2O4S. The van der Waals surface area contributed by atoms with Crippen LogP contribution in [0.2, 0.25) is 5.02 Å². The first-order valence-corrected chi connectivity index (χ1v) is 9.88. The third-order valence-electron chi connectivity index (χ3n) is 3.73. The summed E-state index contributed by atoms with van der Waals surface area (Å²) in [6.07, 6.45) is -2.99. The predicted octanol–water partition coefficient (Wildman–Crippen LogP) is 5.06. The number of nitrogens with one attached hydrogen (secondary N) is 2. The SMILES string of the molecule is CC(Sc1ccc(NC(=O)/C=C/C(=O)O)cc1)C(=O)Nc1cc(C(F)(F)F)ccc1Cl. The zero-order chi connectivity index (χ0) is 23.2. The first-order valence-electron chi connectivity index (χ1n) is 8.62. The number of rotatable bonds is 7. The van der Waals surface area contributed by atoms with E-state index in [2.05, 4.69) is 10.6 Å². The van der Waals surface area contributed by atoms with E-state index in [1.54, 1.807) is 31.2 Å². The molecule has 0 spiro atoms. The number of carbonyl (C=O) groups excluding carboxylic acids is 2. The normalized spacial score (nSPS) is 12.4. The Balaban J connectivity index is 1.99. The zero-order valence-electron chi connectivity index (χ0n) is 15.9. The molecule has 0 aliphatic carbocycles. The Hall–Kier alpha value is -2.98. The summed E-state index contributed by atoms with van der Waals surface area (Å²) >= 11 is 7.04. The number of hydrogen-bond donors (Lipinski definition) is 3. The molecule has 2 amide bonds. The van der Waals surface area contributed by atoms with Crippen molar-refractivity contribution >= 4 is 52.5 Å². The number of carboxylic acids is 1. The van der Waals surface area contributed by atoms with Gasteiger partial charge in [0.25, 0.3) is 0 Å². The van der Waals surface area contributed by atoms with Gasteiger partial charge in [-0.05, 0) is 49.4 Å². The van der Waals surface area contributed by atoms with Gasteiger partial charge >= 0.3 is 12.1 Å². The third kappa shape index (κ3) is 7.65. The number of halogens is 4. The molecule has 11 heteroatoms. The second-order valence-electron chi connectivity index (χ2n) is 6.13. The molecule has 1 unspecified atom stereocenters. The lowest BCUT2D eigenvalue weighted by Gasteiger charge is -2.15. The van der Waals surface area contributed by atoms with Crippen molar-refractivity contribution in [2.45, 2.75) is 23.2 Å². The Morgan fingerprint density at radius 3 is 2.29 bits per heavy atom. The van der Waals surface area contributed by atoms with Gasteiger partial charge in [-0.1, -0.05) is 11.6 Å². The summed E-state index contributed by atoms with van der Waals surface area (Å²) in [5.74, 6) is -2.41. The summed E-state index contributed by atoms with van der Waals surface area (Å²) in [4.78, 5) is 35.0. The fourth-order valence-electron chi connectivity index (χ4n) is 2.24. The van der Waals surface area contributed by atoms with Crippen molar-refractivity contribution in [2.24, 2.45) is 0 Å². The Morgan fingerprint density at radius 2 is 1.71 bits per heavy atom. The fraction of sp³-hybridized carbons (Fsp3) is 0.150. The molecule has 164 valence electrons. The molecule has 31 heavy (non-hydrogen) atoms.